The van der Waals surface area contributed by atoms with Crippen molar-refractivity contribution in [3.05, 3.63) is 35.4 Å². The maximum Gasteiger partial charge on any atom is 0.0615 e. The van der Waals surface area contributed by atoms with Crippen molar-refractivity contribution in [2.24, 2.45) is 4.99 Å². The van der Waals surface area contributed by atoms with Crippen LogP contribution >= 0.6 is 0 Å². The van der Waals surface area contributed by atoms with Gasteiger partial charge in [0.05, 0.1) is 5.69 Å². The van der Waals surface area contributed by atoms with Gasteiger partial charge >= 0.3 is 0 Å². The molecule has 2 atom stereocenters. The molecule has 2 heterocycles. The first-order chi connectivity index (χ1) is 10.3. The normalized spacial score (nSPS) is 16.5. The minimum absolute atomic E-state index is 0. The molecule has 123 valence electrons. The zero-order chi connectivity index (χ0) is 17.3. The zero-order valence-corrected chi connectivity index (χ0v) is 14.8. The van der Waals surface area contributed by atoms with Crippen molar-refractivity contribution in [3.8, 4) is 0 Å². The van der Waals surface area contributed by atoms with Crippen molar-refractivity contribution in [1.29, 1.82) is 0 Å². The van der Waals surface area contributed by atoms with Crippen molar-refractivity contribution in [2.45, 2.75) is 25.9 Å². The second-order valence-corrected chi connectivity index (χ2v) is 3.28. The second-order valence-electron chi connectivity index (χ2n) is 3.28. The fourth-order valence-corrected chi connectivity index (χ4v) is 1.26. The topological polar surface area (TPSA) is 108 Å². The Bertz CT molecular complexity index is 385. The van der Waals surface area contributed by atoms with Crippen LogP contribution in [0.3, 0.4) is 0 Å². The van der Waals surface area contributed by atoms with Crippen LogP contribution in [0.25, 0.3) is 5.32 Å². The molecule has 0 saturated carbocycles. The summed E-state index contributed by atoms with van der Waals surface area (Å²) in [7, 11) is 0. The van der Waals surface area contributed by atoms with Gasteiger partial charge in [0.25, 0.3) is 0 Å². The van der Waals surface area contributed by atoms with Gasteiger partial charge in [-0.05, 0) is 30.1 Å². The van der Waals surface area contributed by atoms with E-state index in [4.69, 9.17) is 19.2 Å². The molecule has 2 rings (SSSR count). The molecule has 2 unspecified atom stereocenters. The number of carbonyl (C=O) groups excluding carboxylic acids is 4. The van der Waals surface area contributed by atoms with Crippen molar-refractivity contribution in [2.75, 3.05) is 0 Å². The number of aliphatic imine (C=N–C) groups is 1. The van der Waals surface area contributed by atoms with Gasteiger partial charge < -0.3 is 29.5 Å². The summed E-state index contributed by atoms with van der Waals surface area (Å²) in [5.74, 6) is 0.792. The Morgan fingerprint density at radius 1 is 0.955 bits per heavy atom. The van der Waals surface area contributed by atoms with E-state index in [9.17, 15) is 0 Å². The standard InChI is InChI=1S/C10H12N3.4CHO.Re/c1-7-8(2)13-10(12-7)9-5-3-4-6-11-9;4*1-2;/h3-8H,1-2H3;4*1H;/q5*-1;. The van der Waals surface area contributed by atoms with Crippen LogP contribution in [0.4, 0.5) is 0 Å². The third-order valence-corrected chi connectivity index (χ3v) is 2.24. The maximum atomic E-state index is 7.75. The van der Waals surface area contributed by atoms with Gasteiger partial charge in [0.15, 0.2) is 0 Å². The molecule has 0 amide bonds. The predicted octanol–water partition coefficient (Wildman–Crippen LogP) is 0.894. The molecular weight excluding hydrogens is 460 g/mol. The summed E-state index contributed by atoms with van der Waals surface area (Å²) in [5.41, 5.74) is 0.874. The van der Waals surface area contributed by atoms with Crippen molar-refractivity contribution in [3.63, 3.8) is 0 Å². The molecular formula is C14H16N3O4Re-5. The van der Waals surface area contributed by atoms with E-state index in [0.717, 1.165) is 11.5 Å². The Kier molecular flexibility index (Phi) is 27.2. The summed E-state index contributed by atoms with van der Waals surface area (Å²) >= 11 is 0. The molecule has 1 aliphatic heterocycles. The SMILES string of the molecule is CC1N=C(c2ccccn2)[N-]C1C.[CH-]=O.[CH-]=O.[CH-]=O.[CH-]=O.[Re]. The van der Waals surface area contributed by atoms with Gasteiger partial charge in [-0.15, -0.1) is 0 Å². The van der Waals surface area contributed by atoms with Crippen LogP contribution in [0, 0.1) is 0 Å². The molecule has 1 aromatic heterocycles. The number of aromatic nitrogens is 1. The Labute approximate surface area is 144 Å². The van der Waals surface area contributed by atoms with Crippen molar-refractivity contribution >= 4 is 33.0 Å². The van der Waals surface area contributed by atoms with Gasteiger partial charge in [-0.1, -0.05) is 19.9 Å². The van der Waals surface area contributed by atoms with Crippen LogP contribution in [0.5, 0.6) is 0 Å². The van der Waals surface area contributed by atoms with E-state index in [1.165, 1.54) is 0 Å². The molecule has 0 N–H and O–H groups in total. The molecule has 0 spiro atoms. The molecule has 0 saturated heterocycles. The average Bonchev–Trinajstić information content (AvgIpc) is 2.95. The molecule has 22 heavy (non-hydrogen) atoms. The van der Waals surface area contributed by atoms with Gasteiger partial charge in [0.1, 0.15) is 0 Å². The number of rotatable bonds is 1. The third kappa shape index (κ3) is 10.7. The van der Waals surface area contributed by atoms with E-state index in [1.54, 1.807) is 6.20 Å². The average molecular weight is 477 g/mol. The number of hydrogen-bond acceptors (Lipinski definition) is 6. The summed E-state index contributed by atoms with van der Waals surface area (Å²) in [6.45, 7) is 17.1. The van der Waals surface area contributed by atoms with E-state index in [1.807, 2.05) is 18.2 Å². The number of amidine groups is 1. The summed E-state index contributed by atoms with van der Waals surface area (Å²) < 4.78 is 0. The Hall–Kier alpha value is -2.04. The van der Waals surface area contributed by atoms with E-state index in [0.29, 0.717) is 0 Å². The molecule has 1 aromatic rings. The number of nitrogens with zero attached hydrogens (tertiary/aromatic N) is 3. The minimum Gasteiger partial charge on any atom is -0.545 e. The summed E-state index contributed by atoms with van der Waals surface area (Å²) in [5, 5.41) is 4.43. The number of hydrogen-bond donors (Lipinski definition) is 0. The van der Waals surface area contributed by atoms with Gasteiger partial charge in [-0.2, -0.15) is 0 Å². The van der Waals surface area contributed by atoms with E-state index in [2.05, 4.69) is 56.3 Å². The molecule has 7 nitrogen and oxygen atoms in total. The van der Waals surface area contributed by atoms with Gasteiger partial charge in [-0.25, -0.2) is 0 Å². The maximum absolute atomic E-state index is 7.75. The van der Waals surface area contributed by atoms with Crippen LogP contribution in [-0.2, 0) is 39.6 Å². The predicted molar refractivity (Wildman–Crippen MR) is 80.1 cm³/mol. The Balaban J connectivity index is -0.000000158. The molecule has 0 aromatic carbocycles. The van der Waals surface area contributed by atoms with Crippen LogP contribution in [0.15, 0.2) is 29.4 Å². The first-order valence-corrected chi connectivity index (χ1v) is 5.41. The molecule has 0 fully saturated rings. The monoisotopic (exact) mass is 477 g/mol. The van der Waals surface area contributed by atoms with Gasteiger partial charge in [0, 0.05) is 26.6 Å². The van der Waals surface area contributed by atoms with Crippen LogP contribution in [0.1, 0.15) is 19.5 Å². The third-order valence-electron chi connectivity index (χ3n) is 2.24. The van der Waals surface area contributed by atoms with Crippen molar-refractivity contribution < 1.29 is 39.6 Å². The molecule has 0 bridgehead atoms. The largest absolute Gasteiger partial charge is 0.545 e. The van der Waals surface area contributed by atoms with Crippen molar-refractivity contribution in [1.82, 2.24) is 4.98 Å². The first-order valence-electron chi connectivity index (χ1n) is 5.41. The molecule has 1 radical (unpaired) electrons. The van der Waals surface area contributed by atoms with Gasteiger partial charge in [0.2, 0.25) is 0 Å². The zero-order valence-electron chi connectivity index (χ0n) is 12.1. The number of pyridine rings is 1. The molecule has 0 aliphatic carbocycles. The Morgan fingerprint density at radius 3 is 1.77 bits per heavy atom. The summed E-state index contributed by atoms with van der Waals surface area (Å²) in [4.78, 5) is 39.6. The smallest absolute Gasteiger partial charge is 0.0615 e. The summed E-state index contributed by atoms with van der Waals surface area (Å²) in [6.07, 6.45) is 1.76. The summed E-state index contributed by atoms with van der Waals surface area (Å²) in [6, 6.07) is 6.36. The second kappa shape index (κ2) is 21.3. The minimum atomic E-state index is 0. The fourth-order valence-electron chi connectivity index (χ4n) is 1.26. The van der Waals surface area contributed by atoms with E-state index >= 15 is 0 Å². The first kappa shape index (κ1) is 28.2. The van der Waals surface area contributed by atoms with E-state index < -0.39 is 0 Å². The molecule has 1 aliphatic rings. The fraction of sp³-hybridized carbons (Fsp3) is 0.286. The van der Waals surface area contributed by atoms with Crippen LogP contribution in [-0.4, -0.2) is 50.1 Å². The quantitative estimate of drug-likeness (QED) is 0.442. The molecule has 8 heteroatoms. The van der Waals surface area contributed by atoms with E-state index in [-0.39, 0.29) is 32.5 Å². The van der Waals surface area contributed by atoms with Gasteiger partial charge in [-0.3, -0.25) is 32.1 Å². The Morgan fingerprint density at radius 2 is 1.45 bits per heavy atom. The van der Waals surface area contributed by atoms with Crippen LogP contribution < -0.4 is 0 Å². The van der Waals surface area contributed by atoms with Crippen LogP contribution in [0.2, 0.25) is 0 Å².